The molecule has 0 saturated carbocycles. The third kappa shape index (κ3) is 8.87. The van der Waals surface area contributed by atoms with Gasteiger partial charge in [-0.2, -0.15) is 17.5 Å². The molecular weight excluding hydrogens is 719 g/mol. The van der Waals surface area contributed by atoms with Gasteiger partial charge in [0.15, 0.2) is 0 Å². The van der Waals surface area contributed by atoms with Crippen molar-refractivity contribution in [3.8, 4) is 22.3 Å². The Morgan fingerprint density at radius 2 is 0.795 bits per heavy atom. The topological polar surface area (TPSA) is 92.0 Å². The summed E-state index contributed by atoms with van der Waals surface area (Å²) in [5, 5.41) is 17.2. The van der Waals surface area contributed by atoms with E-state index in [1.807, 2.05) is 54.6 Å². The maximum Gasteiger partial charge on any atom is 0.488 e. The molecule has 226 valence electrons. The number of halogens is 2. The largest absolute Gasteiger partial charge is 0.488 e. The first-order valence-electron chi connectivity index (χ1n) is 12.4. The van der Waals surface area contributed by atoms with E-state index >= 15 is 0 Å². The number of nitrogens with zero attached hydrogens (tertiary/aromatic N) is 4. The molecule has 2 heterocycles. The van der Waals surface area contributed by atoms with Gasteiger partial charge in [0.2, 0.25) is 0 Å². The van der Waals surface area contributed by atoms with E-state index in [0.29, 0.717) is 5.46 Å². The van der Waals surface area contributed by atoms with Gasteiger partial charge in [0, 0.05) is 20.1 Å². The minimum atomic E-state index is -1.34. The van der Waals surface area contributed by atoms with Crippen molar-refractivity contribution in [1.29, 1.82) is 0 Å². The summed E-state index contributed by atoms with van der Waals surface area (Å²) in [6, 6.07) is 37.5. The monoisotopic (exact) mass is 750 g/mol. The van der Waals surface area contributed by atoms with Crippen LogP contribution in [0.2, 0.25) is 0 Å². The average molecular weight is 752 g/mol. The van der Waals surface area contributed by atoms with Crippen LogP contribution < -0.4 is 5.46 Å². The molecule has 0 aliphatic rings. The Labute approximate surface area is 284 Å². The molecule has 0 bridgehead atoms. The molecule has 2 aromatic heterocycles. The van der Waals surface area contributed by atoms with Gasteiger partial charge < -0.3 is 10.0 Å². The summed E-state index contributed by atoms with van der Waals surface area (Å²) in [6.07, 6.45) is 0. The Hall–Kier alpha value is -3.32. The van der Waals surface area contributed by atoms with E-state index in [1.165, 1.54) is 34.6 Å². The van der Waals surface area contributed by atoms with Gasteiger partial charge in [0.25, 0.3) is 0 Å². The summed E-state index contributed by atoms with van der Waals surface area (Å²) >= 11 is 9.28. The summed E-state index contributed by atoms with van der Waals surface area (Å²) in [5.41, 5.74) is 8.95. The molecule has 0 aliphatic heterocycles. The highest BCUT2D eigenvalue weighted by atomic mass is 79.9. The van der Waals surface area contributed by atoms with Crippen molar-refractivity contribution in [3.05, 3.63) is 124 Å². The first kappa shape index (κ1) is 36.9. The third-order valence-corrected chi connectivity index (χ3v) is 8.34. The number of hydrogen-bond acceptors (Lipinski definition) is 8. The van der Waals surface area contributed by atoms with Gasteiger partial charge in [0.05, 0.1) is 23.5 Å². The van der Waals surface area contributed by atoms with Crippen LogP contribution in [0.15, 0.2) is 124 Å². The molecule has 0 radical (unpaired) electrons. The summed E-state index contributed by atoms with van der Waals surface area (Å²) in [5.74, 6) is 0. The maximum absolute atomic E-state index is 8.58. The molecule has 2 N–H and O–H groups in total. The molecule has 0 saturated heterocycles. The molecule has 0 atom stereocenters. The lowest BCUT2D eigenvalue weighted by atomic mass is 9.81. The zero-order valence-electron chi connectivity index (χ0n) is 21.3. The van der Waals surface area contributed by atoms with Crippen LogP contribution in [0.1, 0.15) is 22.3 Å². The Morgan fingerprint density at radius 1 is 0.455 bits per heavy atom. The summed E-state index contributed by atoms with van der Waals surface area (Å²) < 4.78 is 19.3. The number of benzene rings is 5. The van der Waals surface area contributed by atoms with Gasteiger partial charge in [0.1, 0.15) is 22.1 Å². The fourth-order valence-electron chi connectivity index (χ4n) is 4.00. The van der Waals surface area contributed by atoms with Crippen molar-refractivity contribution in [3.63, 3.8) is 0 Å². The highest BCUT2D eigenvalue weighted by Crippen LogP contribution is 2.34. The van der Waals surface area contributed by atoms with Crippen LogP contribution in [0, 0.1) is 0 Å². The highest BCUT2D eigenvalue weighted by molar-refractivity contribution is 9.11. The minimum Gasteiger partial charge on any atom is -0.423 e. The van der Waals surface area contributed by atoms with E-state index in [2.05, 4.69) is 85.8 Å². The number of aromatic nitrogens is 4. The van der Waals surface area contributed by atoms with Gasteiger partial charge in [-0.05, 0) is 60.6 Å². The molecule has 44 heavy (non-hydrogen) atoms. The molecular formula is C33H33BBr2N4O2S2. The lowest BCUT2D eigenvalue weighted by Gasteiger charge is -2.06. The van der Waals surface area contributed by atoms with Gasteiger partial charge >= 0.3 is 7.12 Å². The smallest absolute Gasteiger partial charge is 0.423 e. The van der Waals surface area contributed by atoms with Crippen molar-refractivity contribution in [2.45, 2.75) is 22.3 Å². The molecule has 0 amide bonds. The second-order valence-corrected chi connectivity index (χ2v) is 11.4. The van der Waals surface area contributed by atoms with Crippen molar-refractivity contribution < 1.29 is 10.0 Å². The number of rotatable bonds is 3. The van der Waals surface area contributed by atoms with E-state index in [4.69, 9.17) is 10.0 Å². The van der Waals surface area contributed by atoms with E-state index < -0.39 is 7.12 Å². The molecule has 0 fully saturated rings. The van der Waals surface area contributed by atoms with E-state index in [0.717, 1.165) is 42.1 Å². The van der Waals surface area contributed by atoms with Crippen LogP contribution in [0.4, 0.5) is 0 Å². The van der Waals surface area contributed by atoms with Crippen LogP contribution in [0.5, 0.6) is 0 Å². The summed E-state index contributed by atoms with van der Waals surface area (Å²) in [4.78, 5) is 0. The van der Waals surface area contributed by atoms with Crippen molar-refractivity contribution >= 4 is 90.0 Å². The minimum absolute atomic E-state index is 0. The molecule has 5 aromatic carbocycles. The maximum atomic E-state index is 8.58. The van der Waals surface area contributed by atoms with E-state index in [-0.39, 0.29) is 22.3 Å². The molecule has 0 unspecified atom stereocenters. The Bertz CT molecular complexity index is 1750. The van der Waals surface area contributed by atoms with E-state index in [1.54, 1.807) is 24.3 Å². The van der Waals surface area contributed by atoms with Crippen LogP contribution in [-0.2, 0) is 0 Å². The van der Waals surface area contributed by atoms with Crippen molar-refractivity contribution in [2.24, 2.45) is 0 Å². The SMILES string of the molecule is Brc1ccc(Br)c2nsnc12.C.C.C.OB(O)c1ccccc1.c1ccc(-c2ccc(-c3ccccc3)c3nsnc23)cc1. The van der Waals surface area contributed by atoms with Crippen LogP contribution >= 0.6 is 55.3 Å². The quantitative estimate of drug-likeness (QED) is 0.175. The lowest BCUT2D eigenvalue weighted by Crippen LogP contribution is -2.29. The second-order valence-electron chi connectivity index (χ2n) is 8.63. The Morgan fingerprint density at radius 3 is 1.14 bits per heavy atom. The van der Waals surface area contributed by atoms with E-state index in [9.17, 15) is 0 Å². The predicted molar refractivity (Wildman–Crippen MR) is 198 cm³/mol. The lowest BCUT2D eigenvalue weighted by molar-refractivity contribution is 0.426. The molecule has 6 nitrogen and oxygen atoms in total. The van der Waals surface area contributed by atoms with Crippen LogP contribution in [0.25, 0.3) is 44.3 Å². The van der Waals surface area contributed by atoms with Crippen molar-refractivity contribution in [2.75, 3.05) is 0 Å². The molecule has 0 spiro atoms. The first-order chi connectivity index (χ1) is 20.0. The Kier molecular flexibility index (Phi) is 15.0. The zero-order valence-corrected chi connectivity index (χ0v) is 26.1. The molecule has 0 aliphatic carbocycles. The molecule has 11 heteroatoms. The van der Waals surface area contributed by atoms with Crippen molar-refractivity contribution in [1.82, 2.24) is 17.5 Å². The van der Waals surface area contributed by atoms with Gasteiger partial charge in [-0.3, -0.25) is 0 Å². The second kappa shape index (κ2) is 17.8. The first-order valence-corrected chi connectivity index (χ1v) is 15.4. The molecule has 7 aromatic rings. The predicted octanol–water partition coefficient (Wildman–Crippen LogP) is 9.52. The standard InChI is InChI=1S/C18H12N2S.C6H7BO2.C6H2Br2N2S.3CH4/c1-3-7-13(8-4-1)15-11-12-16(14-9-5-2-6-10-14)18-17(15)19-21-20-18;8-7(9)6-4-2-1-3-5-6;7-3-1-2-4(8)6-5(3)9-11-10-6;;;/h1-12H;1-5,8-9H;1-2H;3*1H4. The van der Waals surface area contributed by atoms with Gasteiger partial charge in [-0.1, -0.05) is 125 Å². The fraction of sp³-hybridized carbons (Fsp3) is 0.0909. The number of hydrogen-bond donors (Lipinski definition) is 2. The van der Waals surface area contributed by atoms with Crippen LogP contribution in [0.3, 0.4) is 0 Å². The average Bonchev–Trinajstić information content (AvgIpc) is 3.72. The number of fused-ring (bicyclic) bond motifs is 2. The highest BCUT2D eigenvalue weighted by Gasteiger charge is 2.13. The molecule has 7 rings (SSSR count). The summed E-state index contributed by atoms with van der Waals surface area (Å²) in [6.45, 7) is 0. The summed E-state index contributed by atoms with van der Waals surface area (Å²) in [7, 11) is -1.34. The zero-order chi connectivity index (χ0) is 28.6. The fourth-order valence-corrected chi connectivity index (χ4v) is 6.20. The van der Waals surface area contributed by atoms with Gasteiger partial charge in [-0.25, -0.2) is 0 Å². The Balaban J connectivity index is 0.000000250. The van der Waals surface area contributed by atoms with Gasteiger partial charge in [-0.15, -0.1) is 0 Å². The third-order valence-electron chi connectivity index (χ3n) is 6.00. The van der Waals surface area contributed by atoms with Crippen LogP contribution in [-0.4, -0.2) is 34.7 Å². The normalized spacial score (nSPS) is 9.73.